The molecule has 15 nitrogen and oxygen atoms in total. The van der Waals surface area contributed by atoms with Crippen LogP contribution < -0.4 is 25.0 Å². The van der Waals surface area contributed by atoms with E-state index in [-0.39, 0.29) is 63.9 Å². The van der Waals surface area contributed by atoms with Gasteiger partial charge in [-0.25, -0.2) is 14.4 Å². The van der Waals surface area contributed by atoms with Crippen molar-refractivity contribution in [3.05, 3.63) is 172 Å². The van der Waals surface area contributed by atoms with Crippen LogP contribution in [-0.4, -0.2) is 61.2 Å². The fourth-order valence-corrected chi connectivity index (χ4v) is 8.23. The van der Waals surface area contributed by atoms with Gasteiger partial charge in [0.25, 0.3) is 0 Å². The van der Waals surface area contributed by atoms with Crippen molar-refractivity contribution in [1.29, 1.82) is 5.26 Å². The van der Waals surface area contributed by atoms with Crippen LogP contribution in [0.15, 0.2) is 143 Å². The molecule has 0 aromatic heterocycles. The predicted molar refractivity (Wildman–Crippen MR) is 276 cm³/mol. The summed E-state index contributed by atoms with van der Waals surface area (Å²) in [5.74, 6) is -1.99. The molecule has 8 rings (SSSR count). The SMILES string of the molecule is CN(C)c1ccc(N=Nc2ccc(C(=O)CCCCOC(=O)/C(C#N)=C/c3ccccc3C(=O)Oc3ccc4c(c3)Oc3cc(O)ccc3C43OC(=O)c4cc(NC(=S)NCC(C)(C)C)ccc43)cc2)cc1. The summed E-state index contributed by atoms with van der Waals surface area (Å²) in [4.78, 5) is 55.5. The number of carbonyl (C=O) groups is 4. The van der Waals surface area contributed by atoms with Crippen molar-refractivity contribution in [2.24, 2.45) is 15.6 Å². The molecule has 2 aliphatic heterocycles. The number of ketones is 1. The Morgan fingerprint density at radius 1 is 0.847 bits per heavy atom. The lowest BCUT2D eigenvalue weighted by Gasteiger charge is -2.36. The first kappa shape index (κ1) is 49.7. The molecule has 1 atom stereocenters. The van der Waals surface area contributed by atoms with Crippen molar-refractivity contribution in [2.45, 2.75) is 45.6 Å². The molecule has 1 unspecified atom stereocenters. The molecule has 0 radical (unpaired) electrons. The molecular weight excluding hydrogens is 933 g/mol. The van der Waals surface area contributed by atoms with Gasteiger partial charge in [-0.15, -0.1) is 0 Å². The first-order valence-corrected chi connectivity index (χ1v) is 23.4. The number of anilines is 2. The molecule has 16 heteroatoms. The number of phenols is 1. The molecule has 0 bridgehead atoms. The Morgan fingerprint density at radius 3 is 2.21 bits per heavy atom. The summed E-state index contributed by atoms with van der Waals surface area (Å²) in [7, 11) is 3.92. The van der Waals surface area contributed by atoms with Crippen LogP contribution in [0.2, 0.25) is 0 Å². The number of esters is 3. The molecule has 0 amide bonds. The minimum Gasteiger partial charge on any atom is -0.508 e. The molecular formula is C56H50N6O9S. The van der Waals surface area contributed by atoms with Crippen LogP contribution in [0.4, 0.5) is 22.7 Å². The summed E-state index contributed by atoms with van der Waals surface area (Å²) in [6.07, 6.45) is 2.27. The Bertz CT molecular complexity index is 3210. The fourth-order valence-electron chi connectivity index (χ4n) is 8.04. The number of benzene rings is 6. The van der Waals surface area contributed by atoms with Gasteiger partial charge in [-0.2, -0.15) is 15.5 Å². The highest BCUT2D eigenvalue weighted by molar-refractivity contribution is 7.80. The van der Waals surface area contributed by atoms with Crippen molar-refractivity contribution in [3.63, 3.8) is 0 Å². The number of thiocarbonyl (C=S) groups is 1. The Balaban J connectivity index is 0.901. The highest BCUT2D eigenvalue weighted by Crippen LogP contribution is 2.57. The molecule has 6 aromatic rings. The molecule has 6 aromatic carbocycles. The first-order chi connectivity index (χ1) is 34.5. The Hall–Kier alpha value is -8.68. The zero-order chi connectivity index (χ0) is 51.2. The van der Waals surface area contributed by atoms with Crippen LogP contribution in [0.25, 0.3) is 6.08 Å². The lowest BCUT2D eigenvalue weighted by Crippen LogP contribution is -2.35. The van der Waals surface area contributed by atoms with Gasteiger partial charge in [-0.3, -0.25) is 4.79 Å². The number of rotatable bonds is 15. The molecule has 72 heavy (non-hydrogen) atoms. The number of unbranched alkanes of at least 4 members (excludes halogenated alkanes) is 1. The third-order valence-electron chi connectivity index (χ3n) is 11.7. The number of Topliss-reactive ketones (excluding diaryl/α,β-unsaturated/α-hetero) is 1. The van der Waals surface area contributed by atoms with Crippen molar-refractivity contribution in [3.8, 4) is 29.1 Å². The molecule has 2 aliphatic rings. The maximum absolute atomic E-state index is 13.8. The van der Waals surface area contributed by atoms with Gasteiger partial charge in [0.1, 0.15) is 34.6 Å². The quantitative estimate of drug-likeness (QED) is 0.0128. The number of aromatic hydroxyl groups is 1. The van der Waals surface area contributed by atoms with Crippen molar-refractivity contribution in [2.75, 3.05) is 37.5 Å². The molecule has 364 valence electrons. The molecule has 0 saturated carbocycles. The van der Waals surface area contributed by atoms with E-state index in [1.165, 1.54) is 36.4 Å². The Kier molecular flexibility index (Phi) is 14.6. The molecule has 0 saturated heterocycles. The average Bonchev–Trinajstić information content (AvgIpc) is 3.64. The van der Waals surface area contributed by atoms with E-state index in [1.807, 2.05) is 49.3 Å². The summed E-state index contributed by atoms with van der Waals surface area (Å²) in [6, 6.07) is 37.0. The second-order valence-electron chi connectivity index (χ2n) is 18.5. The second kappa shape index (κ2) is 21.1. The maximum Gasteiger partial charge on any atom is 0.348 e. The number of phenolic OH excluding ortho intramolecular Hbond substituents is 1. The number of ether oxygens (including phenoxy) is 4. The fraction of sp³-hybridized carbons (Fsp3) is 0.214. The maximum atomic E-state index is 13.8. The number of azo groups is 1. The van der Waals surface area contributed by atoms with Gasteiger partial charge in [0, 0.05) is 72.8 Å². The standard InChI is InChI=1S/C56H50N6O9S/c1-55(2,3)33-58-54(72)59-39-19-24-45-44(29-39)53(67)71-56(45)46-25-22-41(63)30-49(46)70-50-31-42(23-26-47(50)56)69-52(66)43-11-7-6-10-35(43)28-36(32-57)51(65)68-27-9-8-12-48(64)34-13-15-37(16-14-34)60-61-38-17-20-40(21-18-38)62(4)5/h6-7,10-11,13-26,28-31,63H,8-9,12,27,33H2,1-5H3,(H2,58,59,72)/b36-28+,61-60?. The van der Waals surface area contributed by atoms with E-state index in [0.29, 0.717) is 69.4 Å². The summed E-state index contributed by atoms with van der Waals surface area (Å²) >= 11 is 5.51. The van der Waals surface area contributed by atoms with Crippen LogP contribution in [0.5, 0.6) is 23.0 Å². The highest BCUT2D eigenvalue weighted by atomic mass is 32.1. The molecule has 1 spiro atoms. The van der Waals surface area contributed by atoms with Gasteiger partial charge in [-0.05, 0) is 133 Å². The van der Waals surface area contributed by atoms with E-state index in [1.54, 1.807) is 72.8 Å². The van der Waals surface area contributed by atoms with Gasteiger partial charge >= 0.3 is 17.9 Å². The molecule has 0 aliphatic carbocycles. The van der Waals surface area contributed by atoms with E-state index < -0.39 is 23.5 Å². The van der Waals surface area contributed by atoms with Crippen molar-refractivity contribution < 1.29 is 43.2 Å². The minimum atomic E-state index is -1.49. The number of nitrogens with one attached hydrogen (secondary N) is 2. The molecule has 2 heterocycles. The van der Waals surface area contributed by atoms with Gasteiger partial charge in [-0.1, -0.05) is 45.0 Å². The monoisotopic (exact) mass is 982 g/mol. The average molecular weight is 983 g/mol. The summed E-state index contributed by atoms with van der Waals surface area (Å²) in [6.45, 7) is 6.84. The predicted octanol–water partition coefficient (Wildman–Crippen LogP) is 11.5. The smallest absolute Gasteiger partial charge is 0.348 e. The van der Waals surface area contributed by atoms with Crippen molar-refractivity contribution >= 4 is 69.8 Å². The number of fused-ring (bicyclic) bond motifs is 6. The second-order valence-corrected chi connectivity index (χ2v) is 18.9. The summed E-state index contributed by atoms with van der Waals surface area (Å²) < 4.78 is 23.8. The third-order valence-corrected chi connectivity index (χ3v) is 11.9. The van der Waals surface area contributed by atoms with Gasteiger partial charge in [0.05, 0.1) is 29.1 Å². The minimum absolute atomic E-state index is 0.0145. The van der Waals surface area contributed by atoms with Crippen LogP contribution in [0, 0.1) is 16.7 Å². The topological polar surface area (TPSA) is 201 Å². The summed E-state index contributed by atoms with van der Waals surface area (Å²) in [5, 5.41) is 35.7. The Labute approximate surface area is 421 Å². The summed E-state index contributed by atoms with van der Waals surface area (Å²) in [5.41, 5.74) is 3.59. The van der Waals surface area contributed by atoms with E-state index >= 15 is 0 Å². The van der Waals surface area contributed by atoms with Gasteiger partial charge in [0.2, 0.25) is 0 Å². The first-order valence-electron chi connectivity index (χ1n) is 23.0. The zero-order valence-electron chi connectivity index (χ0n) is 40.1. The number of carbonyl (C=O) groups excluding carboxylic acids is 4. The normalized spacial score (nSPS) is 14.5. The molecule has 3 N–H and O–H groups in total. The van der Waals surface area contributed by atoms with E-state index in [4.69, 9.17) is 31.2 Å². The van der Waals surface area contributed by atoms with Gasteiger partial charge < -0.3 is 39.6 Å². The number of hydrogen-bond acceptors (Lipinski definition) is 14. The van der Waals surface area contributed by atoms with E-state index in [0.717, 1.165) is 5.69 Å². The van der Waals surface area contributed by atoms with E-state index in [2.05, 4.69) is 41.6 Å². The van der Waals surface area contributed by atoms with Crippen LogP contribution in [0.1, 0.15) is 93.4 Å². The van der Waals surface area contributed by atoms with Gasteiger partial charge in [0.15, 0.2) is 16.5 Å². The lowest BCUT2D eigenvalue weighted by atomic mass is 9.77. The molecule has 0 fully saturated rings. The van der Waals surface area contributed by atoms with Crippen molar-refractivity contribution in [1.82, 2.24) is 5.32 Å². The number of nitrogens with zero attached hydrogens (tertiary/aromatic N) is 4. The Morgan fingerprint density at radius 2 is 1.51 bits per heavy atom. The van der Waals surface area contributed by atoms with Crippen LogP contribution in [0.3, 0.4) is 0 Å². The number of hydrogen-bond donors (Lipinski definition) is 3. The van der Waals surface area contributed by atoms with E-state index in [9.17, 15) is 29.5 Å². The van der Waals surface area contributed by atoms with Crippen LogP contribution >= 0.6 is 12.2 Å². The highest BCUT2D eigenvalue weighted by Gasteiger charge is 2.54. The van der Waals surface area contributed by atoms with Crippen LogP contribution in [-0.2, 0) is 19.9 Å². The lowest BCUT2D eigenvalue weighted by molar-refractivity contribution is -0.138. The third kappa shape index (κ3) is 11.2. The zero-order valence-corrected chi connectivity index (χ0v) is 41.0. The number of nitriles is 1. The largest absolute Gasteiger partial charge is 0.508 e.